The van der Waals surface area contributed by atoms with Crippen LogP contribution in [0.2, 0.25) is 5.02 Å². The van der Waals surface area contributed by atoms with Crippen LogP contribution in [0.3, 0.4) is 0 Å². The average molecular weight is 315 g/mol. The molecule has 114 valence electrons. The van der Waals surface area contributed by atoms with Crippen LogP contribution in [0, 0.1) is 0 Å². The van der Waals surface area contributed by atoms with Crippen LogP contribution >= 0.6 is 11.6 Å². The summed E-state index contributed by atoms with van der Waals surface area (Å²) in [6.45, 7) is 2.91. The van der Waals surface area contributed by atoms with Gasteiger partial charge in [0.1, 0.15) is 0 Å². The Labute approximate surface area is 135 Å². The van der Waals surface area contributed by atoms with Crippen molar-refractivity contribution in [3.8, 4) is 11.3 Å². The first kappa shape index (κ1) is 15.0. The summed E-state index contributed by atoms with van der Waals surface area (Å²) < 4.78 is 0. The molecule has 2 aromatic rings. The molecule has 1 fully saturated rings. The Bertz CT molecular complexity index is 672. The molecule has 1 aromatic heterocycles. The largest absolute Gasteiger partial charge is 0.336 e. The third-order valence-corrected chi connectivity index (χ3v) is 4.55. The molecular formula is C18H19ClN2O. The fourth-order valence-corrected chi connectivity index (χ4v) is 3.13. The molecule has 0 bridgehead atoms. The molecule has 1 aliphatic rings. The molecule has 1 atom stereocenters. The van der Waals surface area contributed by atoms with Crippen molar-refractivity contribution >= 4 is 17.5 Å². The maximum atomic E-state index is 12.8. The first-order valence-electron chi connectivity index (χ1n) is 7.69. The first-order chi connectivity index (χ1) is 10.7. The van der Waals surface area contributed by atoms with E-state index < -0.39 is 0 Å². The minimum absolute atomic E-state index is 0.0231. The second-order valence-corrected chi connectivity index (χ2v) is 6.16. The van der Waals surface area contributed by atoms with E-state index in [1.54, 1.807) is 12.3 Å². The van der Waals surface area contributed by atoms with Crippen LogP contribution in [-0.4, -0.2) is 28.4 Å². The van der Waals surface area contributed by atoms with E-state index in [9.17, 15) is 4.79 Å². The molecule has 0 spiro atoms. The minimum atomic E-state index is 0.0231. The normalized spacial score (nSPS) is 18.3. The molecule has 3 nitrogen and oxygen atoms in total. The molecule has 0 saturated carbocycles. The number of hydrogen-bond acceptors (Lipinski definition) is 2. The minimum Gasteiger partial charge on any atom is -0.336 e. The third kappa shape index (κ3) is 3.00. The second-order valence-electron chi connectivity index (χ2n) is 5.75. The Morgan fingerprint density at radius 1 is 1.27 bits per heavy atom. The van der Waals surface area contributed by atoms with E-state index in [-0.39, 0.29) is 11.9 Å². The summed E-state index contributed by atoms with van der Waals surface area (Å²) in [7, 11) is 0. The smallest absolute Gasteiger partial charge is 0.255 e. The van der Waals surface area contributed by atoms with Gasteiger partial charge in [-0.05, 0) is 50.5 Å². The van der Waals surface area contributed by atoms with Gasteiger partial charge in [0.25, 0.3) is 5.91 Å². The molecule has 3 rings (SSSR count). The van der Waals surface area contributed by atoms with E-state index in [4.69, 9.17) is 11.6 Å². The van der Waals surface area contributed by atoms with E-state index in [1.165, 1.54) is 6.42 Å². The van der Waals surface area contributed by atoms with Gasteiger partial charge in [0.15, 0.2) is 0 Å². The molecular weight excluding hydrogens is 296 g/mol. The van der Waals surface area contributed by atoms with Gasteiger partial charge in [-0.15, -0.1) is 0 Å². The number of hydrogen-bond donors (Lipinski definition) is 0. The van der Waals surface area contributed by atoms with Crippen LogP contribution in [-0.2, 0) is 0 Å². The summed E-state index contributed by atoms with van der Waals surface area (Å²) in [4.78, 5) is 19.1. The lowest BCUT2D eigenvalue weighted by molar-refractivity contribution is 0.0636. The second kappa shape index (κ2) is 6.49. The fourth-order valence-electron chi connectivity index (χ4n) is 2.94. The van der Waals surface area contributed by atoms with E-state index in [1.807, 2.05) is 35.2 Å². The van der Waals surface area contributed by atoms with Gasteiger partial charge in [-0.3, -0.25) is 9.78 Å². The Balaban J connectivity index is 1.94. The molecule has 1 saturated heterocycles. The summed E-state index contributed by atoms with van der Waals surface area (Å²) in [6.07, 6.45) is 5.06. The number of aromatic nitrogens is 1. The number of piperidine rings is 1. The molecule has 0 radical (unpaired) electrons. The highest BCUT2D eigenvalue weighted by molar-refractivity contribution is 6.34. The highest BCUT2D eigenvalue weighted by Gasteiger charge is 2.25. The quantitative estimate of drug-likeness (QED) is 0.822. The van der Waals surface area contributed by atoms with Crippen LogP contribution in [0.4, 0.5) is 0 Å². The van der Waals surface area contributed by atoms with Crippen molar-refractivity contribution in [1.29, 1.82) is 0 Å². The standard InChI is InChI=1S/C18H19ClN2O/c1-13-6-3-5-11-21(13)18(22)15-12-14(8-9-16(15)19)17-7-2-4-10-20-17/h2,4,7-10,12-13H,3,5-6,11H2,1H3. The lowest BCUT2D eigenvalue weighted by Crippen LogP contribution is -2.42. The summed E-state index contributed by atoms with van der Waals surface area (Å²) in [6, 6.07) is 11.6. The van der Waals surface area contributed by atoms with Crippen molar-refractivity contribution < 1.29 is 4.79 Å². The van der Waals surface area contributed by atoms with E-state index in [2.05, 4.69) is 11.9 Å². The summed E-state index contributed by atoms with van der Waals surface area (Å²) in [5, 5.41) is 0.502. The molecule has 1 aliphatic heterocycles. The number of rotatable bonds is 2. The van der Waals surface area contributed by atoms with Crippen LogP contribution in [0.15, 0.2) is 42.6 Å². The van der Waals surface area contributed by atoms with E-state index in [0.717, 1.165) is 30.6 Å². The number of halogens is 1. The highest BCUT2D eigenvalue weighted by atomic mass is 35.5. The van der Waals surface area contributed by atoms with Crippen molar-refractivity contribution in [2.24, 2.45) is 0 Å². The molecule has 0 N–H and O–H groups in total. The number of nitrogens with zero attached hydrogens (tertiary/aromatic N) is 2. The van der Waals surface area contributed by atoms with Crippen molar-refractivity contribution in [1.82, 2.24) is 9.88 Å². The van der Waals surface area contributed by atoms with Gasteiger partial charge < -0.3 is 4.90 Å². The summed E-state index contributed by atoms with van der Waals surface area (Å²) in [5.74, 6) is 0.0231. The van der Waals surface area contributed by atoms with Crippen LogP contribution in [0.5, 0.6) is 0 Å². The number of likely N-dealkylation sites (tertiary alicyclic amines) is 1. The number of carbonyl (C=O) groups is 1. The van der Waals surface area contributed by atoms with Gasteiger partial charge >= 0.3 is 0 Å². The highest BCUT2D eigenvalue weighted by Crippen LogP contribution is 2.27. The van der Waals surface area contributed by atoms with Crippen LogP contribution in [0.1, 0.15) is 36.5 Å². The maximum absolute atomic E-state index is 12.8. The zero-order valence-corrected chi connectivity index (χ0v) is 13.4. The van der Waals surface area contributed by atoms with Gasteiger partial charge in [-0.25, -0.2) is 0 Å². The SMILES string of the molecule is CC1CCCCN1C(=O)c1cc(-c2ccccn2)ccc1Cl. The van der Waals surface area contributed by atoms with Gasteiger partial charge in [-0.2, -0.15) is 0 Å². The summed E-state index contributed by atoms with van der Waals surface area (Å²) in [5.41, 5.74) is 2.33. The van der Waals surface area contributed by atoms with Crippen molar-refractivity contribution in [2.45, 2.75) is 32.2 Å². The third-order valence-electron chi connectivity index (χ3n) is 4.22. The summed E-state index contributed by atoms with van der Waals surface area (Å²) >= 11 is 6.28. The zero-order valence-electron chi connectivity index (χ0n) is 12.6. The Hall–Kier alpha value is -1.87. The van der Waals surface area contributed by atoms with Crippen molar-refractivity contribution in [3.05, 3.63) is 53.2 Å². The number of pyridine rings is 1. The predicted octanol–water partition coefficient (Wildman–Crippen LogP) is 4.42. The van der Waals surface area contributed by atoms with Crippen molar-refractivity contribution in [2.75, 3.05) is 6.54 Å². The molecule has 1 aromatic carbocycles. The molecule has 1 amide bonds. The lowest BCUT2D eigenvalue weighted by atomic mass is 10.0. The molecule has 22 heavy (non-hydrogen) atoms. The number of benzene rings is 1. The molecule has 1 unspecified atom stereocenters. The van der Waals surface area contributed by atoms with Crippen LogP contribution < -0.4 is 0 Å². The number of carbonyl (C=O) groups excluding carboxylic acids is 1. The van der Waals surface area contributed by atoms with Gasteiger partial charge in [-0.1, -0.05) is 23.7 Å². The lowest BCUT2D eigenvalue weighted by Gasteiger charge is -2.33. The molecule has 2 heterocycles. The number of amides is 1. The van der Waals surface area contributed by atoms with Gasteiger partial charge in [0.05, 0.1) is 16.3 Å². The van der Waals surface area contributed by atoms with Crippen molar-refractivity contribution in [3.63, 3.8) is 0 Å². The fraction of sp³-hybridized carbons (Fsp3) is 0.333. The zero-order chi connectivity index (χ0) is 15.5. The predicted molar refractivity (Wildman–Crippen MR) is 89.0 cm³/mol. The average Bonchev–Trinajstić information content (AvgIpc) is 2.56. The Morgan fingerprint density at radius 3 is 2.86 bits per heavy atom. The maximum Gasteiger partial charge on any atom is 0.255 e. The van der Waals surface area contributed by atoms with E-state index >= 15 is 0 Å². The Kier molecular flexibility index (Phi) is 4.44. The van der Waals surface area contributed by atoms with E-state index in [0.29, 0.717) is 10.6 Å². The molecule has 4 heteroatoms. The van der Waals surface area contributed by atoms with Gasteiger partial charge in [0.2, 0.25) is 0 Å². The van der Waals surface area contributed by atoms with Gasteiger partial charge in [0, 0.05) is 24.3 Å². The topological polar surface area (TPSA) is 33.2 Å². The van der Waals surface area contributed by atoms with Crippen LogP contribution in [0.25, 0.3) is 11.3 Å². The first-order valence-corrected chi connectivity index (χ1v) is 8.06. The Morgan fingerprint density at radius 2 is 2.14 bits per heavy atom. The molecule has 0 aliphatic carbocycles. The monoisotopic (exact) mass is 314 g/mol.